The molecule has 8 nitrogen and oxygen atoms in total. The lowest BCUT2D eigenvalue weighted by Gasteiger charge is -2.04. The van der Waals surface area contributed by atoms with Crippen LogP contribution in [0.15, 0.2) is 24.5 Å². The summed E-state index contributed by atoms with van der Waals surface area (Å²) >= 11 is 0. The largest absolute Gasteiger partial charge is 0.378 e. The molecule has 2 aromatic rings. The molecule has 4 N–H and O–H groups in total. The number of hydrogen-bond donors (Lipinski definition) is 3. The lowest BCUT2D eigenvalue weighted by Crippen LogP contribution is -2.04. The van der Waals surface area contributed by atoms with Crippen molar-refractivity contribution in [2.24, 2.45) is 0 Å². The van der Waals surface area contributed by atoms with Crippen molar-refractivity contribution in [1.29, 1.82) is 0 Å². The number of H-pyrrole nitrogens is 1. The highest BCUT2D eigenvalue weighted by molar-refractivity contribution is 5.57. The van der Waals surface area contributed by atoms with E-state index in [0.29, 0.717) is 12.4 Å². The van der Waals surface area contributed by atoms with Gasteiger partial charge >= 0.3 is 5.69 Å². The van der Waals surface area contributed by atoms with Gasteiger partial charge in [-0.2, -0.15) is 5.10 Å². The number of nitrogens with zero attached hydrogens (tertiary/aromatic N) is 3. The van der Waals surface area contributed by atoms with Gasteiger partial charge in [0.2, 0.25) is 5.82 Å². The number of aromatic nitrogens is 3. The van der Waals surface area contributed by atoms with E-state index in [4.69, 9.17) is 5.73 Å². The molecular weight excluding hydrogens is 224 g/mol. The average molecular weight is 234 g/mol. The van der Waals surface area contributed by atoms with Crippen molar-refractivity contribution < 1.29 is 4.92 Å². The van der Waals surface area contributed by atoms with Gasteiger partial charge in [0.15, 0.2) is 0 Å². The van der Waals surface area contributed by atoms with Crippen LogP contribution in [0.1, 0.15) is 5.56 Å². The summed E-state index contributed by atoms with van der Waals surface area (Å²) in [6.07, 6.45) is 3.41. The van der Waals surface area contributed by atoms with E-state index in [1.807, 2.05) is 0 Å². The molecule has 2 rings (SSSR count). The Bertz CT molecular complexity index is 524. The van der Waals surface area contributed by atoms with E-state index in [2.05, 4.69) is 20.5 Å². The van der Waals surface area contributed by atoms with E-state index in [9.17, 15) is 10.1 Å². The van der Waals surface area contributed by atoms with Gasteiger partial charge in [0, 0.05) is 24.4 Å². The first kappa shape index (κ1) is 10.9. The summed E-state index contributed by atoms with van der Waals surface area (Å²) in [5.74, 6) is 0.376. The molecule has 0 amide bonds. The molecule has 0 aromatic carbocycles. The number of nitro groups is 1. The summed E-state index contributed by atoms with van der Waals surface area (Å²) in [5.41, 5.74) is 6.21. The van der Waals surface area contributed by atoms with E-state index < -0.39 is 4.92 Å². The van der Waals surface area contributed by atoms with E-state index in [0.717, 1.165) is 5.56 Å². The first-order valence-corrected chi connectivity index (χ1v) is 4.79. The molecule has 0 unspecified atom stereocenters. The summed E-state index contributed by atoms with van der Waals surface area (Å²) in [4.78, 5) is 13.9. The molecule has 8 heteroatoms. The smallest absolute Gasteiger partial charge is 0.311 e. The highest BCUT2D eigenvalue weighted by Crippen LogP contribution is 2.20. The van der Waals surface area contributed by atoms with Crippen LogP contribution in [0.25, 0.3) is 0 Å². The van der Waals surface area contributed by atoms with Gasteiger partial charge in [-0.25, -0.2) is 4.98 Å². The topological polar surface area (TPSA) is 123 Å². The second kappa shape index (κ2) is 4.47. The van der Waals surface area contributed by atoms with Crippen molar-refractivity contribution in [3.8, 4) is 0 Å². The number of nitrogen functional groups attached to an aromatic ring is 1. The zero-order chi connectivity index (χ0) is 12.3. The molecule has 0 atom stereocenters. The number of hydrogen-bond acceptors (Lipinski definition) is 6. The summed E-state index contributed by atoms with van der Waals surface area (Å²) in [7, 11) is 0. The van der Waals surface area contributed by atoms with E-state index in [1.165, 1.54) is 12.1 Å². The fourth-order valence-electron chi connectivity index (χ4n) is 1.29. The van der Waals surface area contributed by atoms with Crippen molar-refractivity contribution >= 4 is 17.3 Å². The van der Waals surface area contributed by atoms with Gasteiger partial charge in [0.05, 0.1) is 11.1 Å². The van der Waals surface area contributed by atoms with E-state index in [-0.39, 0.29) is 11.5 Å². The molecule has 2 aromatic heterocycles. The van der Waals surface area contributed by atoms with Crippen LogP contribution in [-0.2, 0) is 6.54 Å². The van der Waals surface area contributed by atoms with Crippen LogP contribution in [0, 0.1) is 10.1 Å². The molecule has 0 radical (unpaired) electrons. The third kappa shape index (κ3) is 2.48. The molecule has 0 bridgehead atoms. The molecular formula is C9H10N6O2. The zero-order valence-corrected chi connectivity index (χ0v) is 8.75. The molecule has 0 aliphatic rings. The SMILES string of the molecule is Nc1nc(NCc2cn[nH]c2)ccc1[N+](=O)[O-]. The van der Waals surface area contributed by atoms with Gasteiger partial charge in [0.1, 0.15) is 5.82 Å². The first-order valence-electron chi connectivity index (χ1n) is 4.79. The minimum Gasteiger partial charge on any atom is -0.378 e. The van der Waals surface area contributed by atoms with Gasteiger partial charge < -0.3 is 11.1 Å². The monoisotopic (exact) mass is 234 g/mol. The predicted molar refractivity (Wildman–Crippen MR) is 61.2 cm³/mol. The molecule has 88 valence electrons. The number of aromatic amines is 1. The standard InChI is InChI=1S/C9H10N6O2/c10-9-7(15(16)17)1-2-8(14-9)11-3-6-4-12-13-5-6/h1-2,4-5H,3H2,(H,12,13)(H3,10,11,14). The van der Waals surface area contributed by atoms with Crippen molar-refractivity contribution in [3.63, 3.8) is 0 Å². The maximum Gasteiger partial charge on any atom is 0.311 e. The van der Waals surface area contributed by atoms with Crippen molar-refractivity contribution in [2.45, 2.75) is 6.54 Å². The summed E-state index contributed by atoms with van der Waals surface area (Å²) in [6.45, 7) is 0.515. The quantitative estimate of drug-likeness (QED) is 0.533. The zero-order valence-electron chi connectivity index (χ0n) is 8.75. The first-order chi connectivity index (χ1) is 8.16. The molecule has 0 aliphatic heterocycles. The second-order valence-corrected chi connectivity index (χ2v) is 3.32. The van der Waals surface area contributed by atoms with Crippen molar-refractivity contribution in [3.05, 3.63) is 40.2 Å². The third-order valence-electron chi connectivity index (χ3n) is 2.13. The maximum absolute atomic E-state index is 10.5. The molecule has 0 fully saturated rings. The molecule has 17 heavy (non-hydrogen) atoms. The van der Waals surface area contributed by atoms with Gasteiger partial charge in [0.25, 0.3) is 0 Å². The highest BCUT2D eigenvalue weighted by atomic mass is 16.6. The Balaban J connectivity index is 2.07. The third-order valence-corrected chi connectivity index (χ3v) is 2.13. The minimum atomic E-state index is -0.567. The fraction of sp³-hybridized carbons (Fsp3) is 0.111. The normalized spacial score (nSPS) is 10.1. The van der Waals surface area contributed by atoms with Crippen LogP contribution in [0.4, 0.5) is 17.3 Å². The molecule has 0 saturated heterocycles. The summed E-state index contributed by atoms with van der Waals surface area (Å²) in [5, 5.41) is 20.0. The Labute approximate surface area is 96.0 Å². The Morgan fingerprint density at radius 2 is 2.35 bits per heavy atom. The Kier molecular flexibility index (Phi) is 2.86. The molecule has 0 saturated carbocycles. The van der Waals surface area contributed by atoms with Gasteiger partial charge in [-0.3, -0.25) is 15.2 Å². The van der Waals surface area contributed by atoms with E-state index in [1.54, 1.807) is 12.4 Å². The number of pyridine rings is 1. The predicted octanol–water partition coefficient (Wildman–Crippen LogP) is 0.907. The van der Waals surface area contributed by atoms with Crippen LogP contribution in [-0.4, -0.2) is 20.1 Å². The Hall–Kier alpha value is -2.64. The van der Waals surface area contributed by atoms with Crippen LogP contribution in [0.2, 0.25) is 0 Å². The molecule has 0 aliphatic carbocycles. The number of nitrogens with two attached hydrogens (primary N) is 1. The minimum absolute atomic E-state index is 0.104. The number of nitrogens with one attached hydrogen (secondary N) is 2. The summed E-state index contributed by atoms with van der Waals surface area (Å²) < 4.78 is 0. The van der Waals surface area contributed by atoms with Gasteiger partial charge in [-0.15, -0.1) is 0 Å². The van der Waals surface area contributed by atoms with Crippen LogP contribution in [0.5, 0.6) is 0 Å². The van der Waals surface area contributed by atoms with Crippen LogP contribution >= 0.6 is 0 Å². The second-order valence-electron chi connectivity index (χ2n) is 3.32. The lowest BCUT2D eigenvalue weighted by atomic mass is 10.3. The molecule has 0 spiro atoms. The van der Waals surface area contributed by atoms with Crippen LogP contribution < -0.4 is 11.1 Å². The van der Waals surface area contributed by atoms with Crippen molar-refractivity contribution in [1.82, 2.24) is 15.2 Å². The van der Waals surface area contributed by atoms with Gasteiger partial charge in [-0.05, 0) is 6.07 Å². The number of anilines is 2. The maximum atomic E-state index is 10.5. The number of rotatable bonds is 4. The van der Waals surface area contributed by atoms with Gasteiger partial charge in [-0.1, -0.05) is 0 Å². The Morgan fingerprint density at radius 1 is 1.53 bits per heavy atom. The van der Waals surface area contributed by atoms with Crippen molar-refractivity contribution in [2.75, 3.05) is 11.1 Å². The highest BCUT2D eigenvalue weighted by Gasteiger charge is 2.12. The Morgan fingerprint density at radius 3 is 2.94 bits per heavy atom. The van der Waals surface area contributed by atoms with E-state index >= 15 is 0 Å². The summed E-state index contributed by atoms with van der Waals surface area (Å²) in [6, 6.07) is 2.83. The van der Waals surface area contributed by atoms with Crippen LogP contribution in [0.3, 0.4) is 0 Å². The molecule has 2 heterocycles. The average Bonchev–Trinajstić information content (AvgIpc) is 2.78. The fourth-order valence-corrected chi connectivity index (χ4v) is 1.29. The lowest BCUT2D eigenvalue weighted by molar-refractivity contribution is -0.384.